The van der Waals surface area contributed by atoms with Crippen molar-refractivity contribution in [3.8, 4) is 0 Å². The van der Waals surface area contributed by atoms with Crippen molar-refractivity contribution in [1.82, 2.24) is 4.31 Å². The lowest BCUT2D eigenvalue weighted by molar-refractivity contribution is -0.384. The van der Waals surface area contributed by atoms with Gasteiger partial charge < -0.3 is 5.32 Å². The van der Waals surface area contributed by atoms with Gasteiger partial charge in [0, 0.05) is 24.4 Å². The lowest BCUT2D eigenvalue weighted by atomic mass is 10.2. The number of anilines is 1. The first-order chi connectivity index (χ1) is 10.8. The fraction of sp³-hybridized carbons (Fsp3) is 0.500. The van der Waals surface area contributed by atoms with Crippen LogP contribution in [-0.4, -0.2) is 41.9 Å². The molecule has 1 saturated heterocycles. The van der Waals surface area contributed by atoms with Gasteiger partial charge in [-0.1, -0.05) is 13.0 Å². The molecular weight excluding hydrogens is 322 g/mol. The number of benzene rings is 1. The number of nitro benzene ring substituents is 1. The molecule has 0 bridgehead atoms. The number of sulfonamides is 1. The molecule has 1 aromatic carbocycles. The van der Waals surface area contributed by atoms with E-state index in [4.69, 9.17) is 0 Å². The third-order valence-electron chi connectivity index (χ3n) is 3.65. The SMILES string of the molecule is CCCS(=O)(=O)N1CCCC1C(=O)Nc1cccc([N+](=O)[O-])c1. The van der Waals surface area contributed by atoms with Crippen LogP contribution in [0.15, 0.2) is 24.3 Å². The molecule has 1 aromatic rings. The van der Waals surface area contributed by atoms with Gasteiger partial charge in [0.25, 0.3) is 5.69 Å². The molecule has 1 N–H and O–H groups in total. The second-order valence-electron chi connectivity index (χ2n) is 5.38. The average Bonchev–Trinajstić information content (AvgIpc) is 2.98. The van der Waals surface area contributed by atoms with E-state index < -0.39 is 26.9 Å². The van der Waals surface area contributed by atoms with Crippen LogP contribution in [0.5, 0.6) is 0 Å². The van der Waals surface area contributed by atoms with Crippen molar-refractivity contribution >= 4 is 27.3 Å². The van der Waals surface area contributed by atoms with Gasteiger partial charge in [-0.05, 0) is 25.3 Å². The number of amides is 1. The third-order valence-corrected chi connectivity index (χ3v) is 5.73. The molecule has 1 aliphatic heterocycles. The highest BCUT2D eigenvalue weighted by Gasteiger charge is 2.38. The molecule has 1 heterocycles. The van der Waals surface area contributed by atoms with E-state index in [-0.39, 0.29) is 17.1 Å². The predicted octanol–water partition coefficient (Wildman–Crippen LogP) is 1.74. The minimum Gasteiger partial charge on any atom is -0.324 e. The zero-order valence-corrected chi connectivity index (χ0v) is 13.6. The standard InChI is InChI=1S/C14H19N3O5S/c1-2-9-23(21,22)16-8-4-7-13(16)14(18)15-11-5-3-6-12(10-11)17(19)20/h3,5-6,10,13H,2,4,7-9H2,1H3,(H,15,18). The maximum atomic E-state index is 12.4. The Morgan fingerprint density at radius 2 is 2.22 bits per heavy atom. The maximum absolute atomic E-state index is 12.4. The summed E-state index contributed by atoms with van der Waals surface area (Å²) < 4.78 is 25.6. The molecule has 8 nitrogen and oxygen atoms in total. The van der Waals surface area contributed by atoms with Crippen molar-refractivity contribution in [3.63, 3.8) is 0 Å². The number of non-ortho nitro benzene ring substituents is 1. The lowest BCUT2D eigenvalue weighted by Crippen LogP contribution is -2.44. The van der Waals surface area contributed by atoms with Gasteiger partial charge in [-0.2, -0.15) is 4.31 Å². The largest absolute Gasteiger partial charge is 0.324 e. The van der Waals surface area contributed by atoms with Gasteiger partial charge in [0.15, 0.2) is 0 Å². The Kier molecular flexibility index (Phi) is 5.32. The Bertz CT molecular complexity index is 704. The Balaban J connectivity index is 2.14. The van der Waals surface area contributed by atoms with Crippen molar-refractivity contribution in [1.29, 1.82) is 0 Å². The number of carbonyl (C=O) groups excluding carboxylic acids is 1. The minimum absolute atomic E-state index is 0.00753. The van der Waals surface area contributed by atoms with Gasteiger partial charge in [0.1, 0.15) is 6.04 Å². The highest BCUT2D eigenvalue weighted by atomic mass is 32.2. The molecule has 0 radical (unpaired) electrons. The first-order valence-electron chi connectivity index (χ1n) is 7.40. The smallest absolute Gasteiger partial charge is 0.271 e. The van der Waals surface area contributed by atoms with Crippen LogP contribution in [0, 0.1) is 10.1 Å². The van der Waals surface area contributed by atoms with E-state index in [1.807, 2.05) is 0 Å². The Morgan fingerprint density at radius 1 is 1.48 bits per heavy atom. The number of nitrogens with one attached hydrogen (secondary N) is 1. The molecule has 9 heteroatoms. The molecule has 1 fully saturated rings. The first kappa shape index (κ1) is 17.4. The van der Waals surface area contributed by atoms with E-state index >= 15 is 0 Å². The molecule has 0 saturated carbocycles. The molecule has 23 heavy (non-hydrogen) atoms. The van der Waals surface area contributed by atoms with E-state index in [2.05, 4.69) is 5.32 Å². The summed E-state index contributed by atoms with van der Waals surface area (Å²) >= 11 is 0. The topological polar surface area (TPSA) is 110 Å². The van der Waals surface area contributed by atoms with Gasteiger partial charge in [-0.25, -0.2) is 8.42 Å². The van der Waals surface area contributed by atoms with Gasteiger partial charge in [-0.3, -0.25) is 14.9 Å². The molecule has 0 aromatic heterocycles. The second kappa shape index (κ2) is 7.05. The Morgan fingerprint density at radius 3 is 2.87 bits per heavy atom. The molecule has 1 amide bonds. The Labute approximate surface area is 134 Å². The van der Waals surface area contributed by atoms with E-state index in [1.165, 1.54) is 28.6 Å². The zero-order valence-electron chi connectivity index (χ0n) is 12.8. The highest BCUT2D eigenvalue weighted by molar-refractivity contribution is 7.89. The van der Waals surface area contributed by atoms with Gasteiger partial charge in [0.05, 0.1) is 10.7 Å². The molecule has 2 rings (SSSR count). The minimum atomic E-state index is -3.45. The number of rotatable bonds is 6. The summed E-state index contributed by atoms with van der Waals surface area (Å²) in [6.07, 6.45) is 1.55. The van der Waals surface area contributed by atoms with Crippen LogP contribution in [0.4, 0.5) is 11.4 Å². The first-order valence-corrected chi connectivity index (χ1v) is 9.01. The second-order valence-corrected chi connectivity index (χ2v) is 7.42. The van der Waals surface area contributed by atoms with Crippen molar-refractivity contribution in [2.75, 3.05) is 17.6 Å². The van der Waals surface area contributed by atoms with Crippen molar-refractivity contribution in [3.05, 3.63) is 34.4 Å². The molecule has 1 unspecified atom stereocenters. The number of hydrogen-bond acceptors (Lipinski definition) is 5. The lowest BCUT2D eigenvalue weighted by Gasteiger charge is -2.23. The monoisotopic (exact) mass is 341 g/mol. The number of nitrogens with zero attached hydrogens (tertiary/aromatic N) is 2. The summed E-state index contributed by atoms with van der Waals surface area (Å²) in [7, 11) is -3.45. The van der Waals surface area contributed by atoms with E-state index in [0.717, 1.165) is 0 Å². The van der Waals surface area contributed by atoms with Crippen LogP contribution in [0.3, 0.4) is 0 Å². The van der Waals surface area contributed by atoms with Crippen molar-refractivity contribution in [2.24, 2.45) is 0 Å². The van der Waals surface area contributed by atoms with Gasteiger partial charge >= 0.3 is 0 Å². The third kappa shape index (κ3) is 4.05. The summed E-state index contributed by atoms with van der Waals surface area (Å²) in [5.41, 5.74) is 0.147. The predicted molar refractivity (Wildman–Crippen MR) is 85.5 cm³/mol. The fourth-order valence-electron chi connectivity index (χ4n) is 2.63. The van der Waals surface area contributed by atoms with Crippen LogP contribution in [0.2, 0.25) is 0 Å². The van der Waals surface area contributed by atoms with Crippen LogP contribution in [0.1, 0.15) is 26.2 Å². The normalized spacial score (nSPS) is 18.7. The van der Waals surface area contributed by atoms with Crippen molar-refractivity contribution < 1.29 is 18.1 Å². The average molecular weight is 341 g/mol. The van der Waals surface area contributed by atoms with Crippen LogP contribution in [-0.2, 0) is 14.8 Å². The van der Waals surface area contributed by atoms with Crippen LogP contribution in [0.25, 0.3) is 0 Å². The van der Waals surface area contributed by atoms with Gasteiger partial charge in [0.2, 0.25) is 15.9 Å². The summed E-state index contributed by atoms with van der Waals surface area (Å²) in [4.78, 5) is 22.6. The Hall–Kier alpha value is -2.00. The van der Waals surface area contributed by atoms with Crippen LogP contribution < -0.4 is 5.32 Å². The number of carbonyl (C=O) groups is 1. The van der Waals surface area contributed by atoms with E-state index in [1.54, 1.807) is 6.92 Å². The van der Waals surface area contributed by atoms with Crippen molar-refractivity contribution in [2.45, 2.75) is 32.2 Å². The molecule has 0 aliphatic carbocycles. The fourth-order valence-corrected chi connectivity index (χ4v) is 4.38. The molecule has 1 atom stereocenters. The zero-order chi connectivity index (χ0) is 17.0. The van der Waals surface area contributed by atoms with Gasteiger partial charge in [-0.15, -0.1) is 0 Å². The molecule has 0 spiro atoms. The highest BCUT2D eigenvalue weighted by Crippen LogP contribution is 2.24. The molecule has 1 aliphatic rings. The number of hydrogen-bond donors (Lipinski definition) is 1. The maximum Gasteiger partial charge on any atom is 0.271 e. The van der Waals surface area contributed by atoms with E-state index in [0.29, 0.717) is 25.8 Å². The summed E-state index contributed by atoms with van der Waals surface area (Å²) in [5, 5.41) is 13.3. The summed E-state index contributed by atoms with van der Waals surface area (Å²) in [6.45, 7) is 2.10. The summed E-state index contributed by atoms with van der Waals surface area (Å²) in [5.74, 6) is -0.448. The summed E-state index contributed by atoms with van der Waals surface area (Å²) in [6, 6.07) is 4.81. The quantitative estimate of drug-likeness (QED) is 0.626. The molecule has 126 valence electrons. The van der Waals surface area contributed by atoms with E-state index in [9.17, 15) is 23.3 Å². The molecular formula is C14H19N3O5S. The van der Waals surface area contributed by atoms with Crippen LogP contribution >= 0.6 is 0 Å². The number of nitro groups is 1.